The van der Waals surface area contributed by atoms with E-state index in [9.17, 15) is 9.36 Å². The standard InChI is InChI=1S/C22H25O2P/c1-21-14-13-17(15-20(21)23)22(21,2)16-25(24,18-9-5-3-6-10-18)19-11-7-4-8-12-19/h3-12,17H,13-16H2,1-2H3/t17-,21+,22+/m1/s1. The average Bonchev–Trinajstić information content (AvgIpc) is 2.98. The number of Topliss-reactive ketones (excluding diaryl/α,β-unsaturated/α-hetero) is 1. The van der Waals surface area contributed by atoms with Gasteiger partial charge >= 0.3 is 0 Å². The van der Waals surface area contributed by atoms with E-state index >= 15 is 0 Å². The van der Waals surface area contributed by atoms with Crippen molar-refractivity contribution < 1.29 is 9.36 Å². The molecule has 130 valence electrons. The highest BCUT2D eigenvalue weighted by molar-refractivity contribution is 7.78. The van der Waals surface area contributed by atoms with Gasteiger partial charge in [0, 0.05) is 28.6 Å². The van der Waals surface area contributed by atoms with Crippen LogP contribution in [0.4, 0.5) is 0 Å². The van der Waals surface area contributed by atoms with Gasteiger partial charge in [0.2, 0.25) is 0 Å². The van der Waals surface area contributed by atoms with Gasteiger partial charge in [0.25, 0.3) is 0 Å². The molecular weight excluding hydrogens is 327 g/mol. The highest BCUT2D eigenvalue weighted by Crippen LogP contribution is 2.68. The Kier molecular flexibility index (Phi) is 3.81. The van der Waals surface area contributed by atoms with Crippen LogP contribution in [-0.4, -0.2) is 11.9 Å². The highest BCUT2D eigenvalue weighted by atomic mass is 31.2. The van der Waals surface area contributed by atoms with Crippen LogP contribution in [-0.2, 0) is 9.36 Å². The molecule has 0 heterocycles. The molecule has 25 heavy (non-hydrogen) atoms. The Bertz CT molecular complexity index is 801. The maximum absolute atomic E-state index is 14.4. The van der Waals surface area contributed by atoms with Crippen molar-refractivity contribution in [2.75, 3.05) is 6.16 Å². The van der Waals surface area contributed by atoms with E-state index < -0.39 is 7.14 Å². The van der Waals surface area contributed by atoms with Crippen molar-refractivity contribution in [3.63, 3.8) is 0 Å². The molecule has 2 fully saturated rings. The zero-order valence-corrected chi connectivity index (χ0v) is 15.8. The second kappa shape index (κ2) is 5.68. The Morgan fingerprint density at radius 3 is 1.88 bits per heavy atom. The molecule has 2 bridgehead atoms. The number of ketones is 1. The van der Waals surface area contributed by atoms with Crippen molar-refractivity contribution >= 4 is 23.5 Å². The summed E-state index contributed by atoms with van der Waals surface area (Å²) in [6, 6.07) is 19.7. The zero-order valence-electron chi connectivity index (χ0n) is 14.9. The lowest BCUT2D eigenvalue weighted by Crippen LogP contribution is -2.40. The molecule has 0 amide bonds. The lowest BCUT2D eigenvalue weighted by Gasteiger charge is -2.39. The van der Waals surface area contributed by atoms with Gasteiger partial charge in [-0.3, -0.25) is 4.79 Å². The summed E-state index contributed by atoms with van der Waals surface area (Å²) < 4.78 is 14.4. The SMILES string of the molecule is C[C@]12CC[C@H](CC1=O)[C@]2(C)CP(=O)(c1ccccc1)c1ccccc1. The van der Waals surface area contributed by atoms with Crippen molar-refractivity contribution in [1.29, 1.82) is 0 Å². The van der Waals surface area contributed by atoms with E-state index in [1.807, 2.05) is 60.7 Å². The Balaban J connectivity index is 1.84. The van der Waals surface area contributed by atoms with Crippen LogP contribution in [0, 0.1) is 16.7 Å². The van der Waals surface area contributed by atoms with Gasteiger partial charge in [-0.05, 0) is 24.2 Å². The first-order valence-electron chi connectivity index (χ1n) is 9.14. The summed E-state index contributed by atoms with van der Waals surface area (Å²) in [5, 5.41) is 1.81. The smallest absolute Gasteiger partial charge is 0.143 e. The number of benzene rings is 2. The fourth-order valence-electron chi connectivity index (χ4n) is 5.19. The molecule has 3 heteroatoms. The molecule has 2 aromatic carbocycles. The lowest BCUT2D eigenvalue weighted by molar-refractivity contribution is -0.128. The first-order chi connectivity index (χ1) is 11.9. The molecular formula is C22H25O2P. The van der Waals surface area contributed by atoms with Crippen LogP contribution in [0.15, 0.2) is 60.7 Å². The third-order valence-corrected chi connectivity index (χ3v) is 10.5. The minimum absolute atomic E-state index is 0.189. The van der Waals surface area contributed by atoms with Crippen molar-refractivity contribution in [1.82, 2.24) is 0 Å². The molecule has 3 atom stereocenters. The Morgan fingerprint density at radius 1 is 0.960 bits per heavy atom. The van der Waals surface area contributed by atoms with Crippen LogP contribution < -0.4 is 10.6 Å². The molecule has 2 aliphatic carbocycles. The average molecular weight is 352 g/mol. The molecule has 0 spiro atoms. The summed E-state index contributed by atoms with van der Waals surface area (Å²) >= 11 is 0. The summed E-state index contributed by atoms with van der Waals surface area (Å²) in [7, 11) is -2.79. The Labute approximate surface area is 150 Å². The molecule has 0 aromatic heterocycles. The van der Waals surface area contributed by atoms with Gasteiger partial charge in [-0.15, -0.1) is 0 Å². The predicted octanol–water partition coefficient (Wildman–Crippen LogP) is 4.40. The molecule has 0 N–H and O–H groups in total. The van der Waals surface area contributed by atoms with Gasteiger partial charge in [-0.1, -0.05) is 74.5 Å². The van der Waals surface area contributed by atoms with Crippen LogP contribution in [0.3, 0.4) is 0 Å². The van der Waals surface area contributed by atoms with E-state index in [0.29, 0.717) is 24.3 Å². The number of carbonyl (C=O) groups excluding carboxylic acids is 1. The summed E-state index contributed by atoms with van der Waals surface area (Å²) in [4.78, 5) is 12.6. The second-order valence-corrected chi connectivity index (χ2v) is 11.0. The fourth-order valence-corrected chi connectivity index (χ4v) is 8.69. The molecule has 0 aliphatic heterocycles. The maximum Gasteiger partial charge on any atom is 0.143 e. The van der Waals surface area contributed by atoms with Gasteiger partial charge in [0.1, 0.15) is 12.9 Å². The molecule has 0 saturated heterocycles. The quantitative estimate of drug-likeness (QED) is 0.765. The molecule has 4 rings (SSSR count). The third-order valence-electron chi connectivity index (χ3n) is 7.10. The number of hydrogen-bond acceptors (Lipinski definition) is 2. The molecule has 0 unspecified atom stereocenters. The topological polar surface area (TPSA) is 34.1 Å². The van der Waals surface area contributed by atoms with E-state index in [4.69, 9.17) is 0 Å². The number of carbonyl (C=O) groups is 1. The minimum atomic E-state index is -2.79. The van der Waals surface area contributed by atoms with Crippen LogP contribution >= 0.6 is 7.14 Å². The molecule has 0 radical (unpaired) electrons. The molecule has 2 nitrogen and oxygen atoms in total. The number of fused-ring (bicyclic) bond motifs is 2. The van der Waals surface area contributed by atoms with Crippen molar-refractivity contribution in [3.8, 4) is 0 Å². The van der Waals surface area contributed by atoms with Crippen LogP contribution in [0.5, 0.6) is 0 Å². The van der Waals surface area contributed by atoms with Gasteiger partial charge in [0.05, 0.1) is 0 Å². The summed E-state index contributed by atoms with van der Waals surface area (Å²) in [5.41, 5.74) is -0.512. The number of rotatable bonds is 4. The Morgan fingerprint density at radius 2 is 1.48 bits per heavy atom. The van der Waals surface area contributed by atoms with E-state index in [1.165, 1.54) is 0 Å². The van der Waals surface area contributed by atoms with Crippen LogP contribution in [0.2, 0.25) is 0 Å². The maximum atomic E-state index is 14.4. The van der Waals surface area contributed by atoms with Crippen LogP contribution in [0.1, 0.15) is 33.1 Å². The molecule has 2 aliphatic rings. The Hall–Kier alpha value is -1.66. The first-order valence-corrected chi connectivity index (χ1v) is 11.0. The summed E-state index contributed by atoms with van der Waals surface area (Å²) in [5.74, 6) is 0.740. The first kappa shape index (κ1) is 16.8. The van der Waals surface area contributed by atoms with Crippen molar-refractivity contribution in [3.05, 3.63) is 60.7 Å². The van der Waals surface area contributed by atoms with E-state index in [1.54, 1.807) is 0 Å². The van der Waals surface area contributed by atoms with Gasteiger partial charge in [-0.2, -0.15) is 0 Å². The molecule has 2 saturated carbocycles. The lowest BCUT2D eigenvalue weighted by atomic mass is 9.70. The van der Waals surface area contributed by atoms with Gasteiger partial charge < -0.3 is 4.57 Å². The fraction of sp³-hybridized carbons (Fsp3) is 0.409. The van der Waals surface area contributed by atoms with Gasteiger partial charge in [-0.25, -0.2) is 0 Å². The van der Waals surface area contributed by atoms with E-state index in [2.05, 4.69) is 13.8 Å². The van der Waals surface area contributed by atoms with Crippen molar-refractivity contribution in [2.45, 2.75) is 33.1 Å². The predicted molar refractivity (Wildman–Crippen MR) is 103 cm³/mol. The monoisotopic (exact) mass is 352 g/mol. The molecule has 2 aromatic rings. The summed E-state index contributed by atoms with van der Waals surface area (Å²) in [6.07, 6.45) is 3.27. The largest absolute Gasteiger partial charge is 0.314 e. The van der Waals surface area contributed by atoms with E-state index in [-0.39, 0.29) is 10.8 Å². The van der Waals surface area contributed by atoms with Gasteiger partial charge in [0.15, 0.2) is 0 Å². The summed E-state index contributed by atoms with van der Waals surface area (Å²) in [6.45, 7) is 4.33. The van der Waals surface area contributed by atoms with E-state index in [0.717, 1.165) is 23.5 Å². The highest BCUT2D eigenvalue weighted by Gasteiger charge is 2.65. The second-order valence-electron chi connectivity index (χ2n) is 8.18. The number of hydrogen-bond donors (Lipinski definition) is 0. The van der Waals surface area contributed by atoms with Crippen molar-refractivity contribution in [2.24, 2.45) is 16.7 Å². The minimum Gasteiger partial charge on any atom is -0.314 e. The van der Waals surface area contributed by atoms with Crippen LogP contribution in [0.25, 0.3) is 0 Å². The zero-order chi connectivity index (χ0) is 17.7. The normalized spacial score (nSPS) is 31.4. The third kappa shape index (κ3) is 2.30.